The number of nitrogens with one attached hydrogen (secondary N) is 1. The molecule has 0 radical (unpaired) electrons. The number of benzene rings is 4. The molecule has 0 aromatic heterocycles. The molecule has 284 valence electrons. The summed E-state index contributed by atoms with van der Waals surface area (Å²) in [5, 5.41) is 21.4. The number of phenolic OH excluding ortho intramolecular Hbond substituents is 1. The van der Waals surface area contributed by atoms with E-state index in [1.165, 1.54) is 38.5 Å². The number of carbonyl (C=O) groups is 5. The van der Waals surface area contributed by atoms with E-state index in [-0.39, 0.29) is 41.3 Å². The van der Waals surface area contributed by atoms with E-state index in [1.807, 2.05) is 61.5 Å². The summed E-state index contributed by atoms with van der Waals surface area (Å²) in [6.07, 6.45) is 5.89. The van der Waals surface area contributed by atoms with Gasteiger partial charge in [-0.1, -0.05) is 77.9 Å². The van der Waals surface area contributed by atoms with Crippen molar-refractivity contribution in [2.75, 3.05) is 24.5 Å². The monoisotopic (exact) mass is 753 g/mol. The SMILES string of the molecule is COc1cc(C=C[C@H]2C3=CC[C@@H]4C(=O)N(c5cccc(C(=O)O)c5)C(=O)[C@@H]4[C@@H]3C[C@H]3C(=O)N(Nc4ccc(C)cc4)C(=O)[C@@]23c2ccccc2)cc(OC)c1O. The van der Waals surface area contributed by atoms with Crippen LogP contribution in [0.3, 0.4) is 0 Å². The number of allylic oxidation sites excluding steroid dienone is 3. The second kappa shape index (κ2) is 13.9. The number of carboxylic acids is 1. The van der Waals surface area contributed by atoms with Crippen LogP contribution in [0.1, 0.15) is 39.9 Å². The minimum Gasteiger partial charge on any atom is -0.502 e. The molecular weight excluding hydrogens is 714 g/mol. The molecule has 2 aliphatic heterocycles. The Kier molecular flexibility index (Phi) is 8.99. The molecule has 4 aliphatic rings. The Morgan fingerprint density at radius 3 is 2.21 bits per heavy atom. The van der Waals surface area contributed by atoms with E-state index in [9.17, 15) is 29.4 Å². The zero-order valence-corrected chi connectivity index (χ0v) is 30.8. The fraction of sp³-hybridized carbons (Fsp3) is 0.250. The number of nitrogens with zero attached hydrogens (tertiary/aromatic N) is 2. The van der Waals surface area contributed by atoms with E-state index < -0.39 is 64.6 Å². The first-order valence-corrected chi connectivity index (χ1v) is 18.3. The average molecular weight is 754 g/mol. The fourth-order valence-corrected chi connectivity index (χ4v) is 9.24. The average Bonchev–Trinajstić information content (AvgIpc) is 3.59. The molecule has 4 aromatic rings. The van der Waals surface area contributed by atoms with E-state index in [0.717, 1.165) is 21.0 Å². The van der Waals surface area contributed by atoms with Crippen LogP contribution in [0.2, 0.25) is 0 Å². The molecule has 4 aromatic carbocycles. The number of imide groups is 2. The van der Waals surface area contributed by atoms with Crippen LogP contribution in [-0.2, 0) is 24.6 Å². The van der Waals surface area contributed by atoms with Gasteiger partial charge in [-0.3, -0.25) is 29.5 Å². The summed E-state index contributed by atoms with van der Waals surface area (Å²) >= 11 is 0. The van der Waals surface area contributed by atoms with Crippen molar-refractivity contribution in [2.45, 2.75) is 25.2 Å². The Balaban J connectivity index is 1.29. The first kappa shape index (κ1) is 36.3. The number of methoxy groups -OCH3 is 2. The summed E-state index contributed by atoms with van der Waals surface area (Å²) in [6.45, 7) is 1.94. The van der Waals surface area contributed by atoms with Crippen molar-refractivity contribution < 1.29 is 43.7 Å². The van der Waals surface area contributed by atoms with Gasteiger partial charge in [-0.25, -0.2) is 4.79 Å². The van der Waals surface area contributed by atoms with Gasteiger partial charge in [0.25, 0.3) is 11.8 Å². The Bertz CT molecular complexity index is 2330. The molecule has 6 atom stereocenters. The van der Waals surface area contributed by atoms with E-state index in [0.29, 0.717) is 16.8 Å². The lowest BCUT2D eigenvalue weighted by Crippen LogP contribution is -2.54. The van der Waals surface area contributed by atoms with E-state index in [2.05, 4.69) is 5.43 Å². The summed E-state index contributed by atoms with van der Waals surface area (Å²) in [5.41, 5.74) is 5.22. The number of phenols is 1. The third-order valence-electron chi connectivity index (χ3n) is 11.8. The normalized spacial score (nSPS) is 25.5. The first-order valence-electron chi connectivity index (χ1n) is 18.3. The highest BCUT2D eigenvalue weighted by Gasteiger charge is 2.69. The highest BCUT2D eigenvalue weighted by molar-refractivity contribution is 6.23. The van der Waals surface area contributed by atoms with Crippen LogP contribution < -0.4 is 19.8 Å². The molecule has 4 amide bonds. The molecule has 0 unspecified atom stereocenters. The molecular formula is C44H39N3O9. The maximum absolute atomic E-state index is 15.3. The van der Waals surface area contributed by atoms with Gasteiger partial charge < -0.3 is 19.7 Å². The van der Waals surface area contributed by atoms with Gasteiger partial charge in [0.15, 0.2) is 11.5 Å². The van der Waals surface area contributed by atoms with Gasteiger partial charge in [0, 0.05) is 5.92 Å². The number of hydrazine groups is 1. The highest BCUT2D eigenvalue weighted by atomic mass is 16.5. The van der Waals surface area contributed by atoms with Crippen molar-refractivity contribution in [3.05, 3.63) is 131 Å². The Hall–Kier alpha value is -6.69. The van der Waals surface area contributed by atoms with Crippen LogP contribution in [0.5, 0.6) is 17.2 Å². The Labute approximate surface area is 322 Å². The smallest absolute Gasteiger partial charge is 0.335 e. The molecule has 8 rings (SSSR count). The van der Waals surface area contributed by atoms with E-state index in [4.69, 9.17) is 9.47 Å². The number of amides is 4. The molecule has 0 spiro atoms. The summed E-state index contributed by atoms with van der Waals surface area (Å²) < 4.78 is 10.8. The lowest BCUT2D eigenvalue weighted by molar-refractivity contribution is -0.139. The number of hydrogen-bond donors (Lipinski definition) is 3. The molecule has 3 N–H and O–H groups in total. The van der Waals surface area contributed by atoms with Crippen molar-refractivity contribution in [3.63, 3.8) is 0 Å². The predicted octanol–water partition coefficient (Wildman–Crippen LogP) is 6.15. The summed E-state index contributed by atoms with van der Waals surface area (Å²) in [7, 11) is 2.84. The second-order valence-electron chi connectivity index (χ2n) is 14.6. The predicted molar refractivity (Wildman–Crippen MR) is 206 cm³/mol. The maximum Gasteiger partial charge on any atom is 0.335 e. The van der Waals surface area contributed by atoms with Gasteiger partial charge in [0.1, 0.15) is 0 Å². The lowest BCUT2D eigenvalue weighted by Gasteiger charge is -2.49. The standard InChI is InChI=1S/C44H39N3O9/c1-24-12-15-28(16-13-24)45-47-40(50)34-23-32-30(17-18-31-37(32)41(51)46(39(31)49)29-11-7-8-26(22-29)42(52)53)33(44(34,43(47)54)27-9-5-4-6-10-27)19-14-25-20-35(55-2)38(48)36(21-25)56-3/h4-17,19-22,31-34,37,45,48H,18,23H2,1-3H3,(H,52,53)/t31-,32+,33-,34-,37-,44-/m0/s1. The quantitative estimate of drug-likeness (QED) is 0.134. The van der Waals surface area contributed by atoms with Crippen molar-refractivity contribution in [1.29, 1.82) is 0 Å². The number of ether oxygens (including phenoxy) is 2. The second-order valence-corrected chi connectivity index (χ2v) is 14.6. The number of carbonyl (C=O) groups excluding carboxylic acids is 4. The number of aromatic carboxylic acids is 1. The van der Waals surface area contributed by atoms with Crippen LogP contribution in [-0.4, -0.2) is 59.0 Å². The molecule has 3 fully saturated rings. The van der Waals surface area contributed by atoms with Gasteiger partial charge >= 0.3 is 5.97 Å². The fourth-order valence-electron chi connectivity index (χ4n) is 9.24. The van der Waals surface area contributed by atoms with Crippen molar-refractivity contribution >= 4 is 47.0 Å². The molecule has 2 saturated heterocycles. The molecule has 2 aliphatic carbocycles. The van der Waals surface area contributed by atoms with Gasteiger partial charge in [-0.05, 0) is 79.3 Å². The summed E-state index contributed by atoms with van der Waals surface area (Å²) in [5.74, 6) is -6.84. The molecule has 12 nitrogen and oxygen atoms in total. The van der Waals surface area contributed by atoms with Crippen LogP contribution >= 0.6 is 0 Å². The Morgan fingerprint density at radius 1 is 0.857 bits per heavy atom. The van der Waals surface area contributed by atoms with E-state index in [1.54, 1.807) is 30.3 Å². The number of rotatable bonds is 9. The number of aromatic hydroxyl groups is 1. The Morgan fingerprint density at radius 2 is 1.55 bits per heavy atom. The number of aryl methyl sites for hydroxylation is 1. The van der Waals surface area contributed by atoms with Crippen LogP contribution in [0.25, 0.3) is 6.08 Å². The van der Waals surface area contributed by atoms with Crippen LogP contribution in [0, 0.1) is 36.5 Å². The highest BCUT2D eigenvalue weighted by Crippen LogP contribution is 2.61. The third-order valence-corrected chi connectivity index (χ3v) is 11.8. The van der Waals surface area contributed by atoms with Crippen molar-refractivity contribution in [1.82, 2.24) is 5.01 Å². The van der Waals surface area contributed by atoms with Crippen molar-refractivity contribution in [2.24, 2.45) is 29.6 Å². The molecule has 0 bridgehead atoms. The van der Waals surface area contributed by atoms with Gasteiger partial charge in [-0.2, -0.15) is 5.01 Å². The number of carboxylic acid groups (broad SMARTS) is 1. The zero-order chi connectivity index (χ0) is 39.5. The number of hydrogen-bond acceptors (Lipinski definition) is 9. The maximum atomic E-state index is 15.3. The number of anilines is 2. The van der Waals surface area contributed by atoms with Crippen LogP contribution in [0.15, 0.2) is 109 Å². The minimum atomic E-state index is -1.46. The minimum absolute atomic E-state index is 0.0639. The topological polar surface area (TPSA) is 163 Å². The summed E-state index contributed by atoms with van der Waals surface area (Å²) in [6, 6.07) is 25.5. The van der Waals surface area contributed by atoms with Gasteiger partial charge in [0.2, 0.25) is 17.6 Å². The molecule has 12 heteroatoms. The molecule has 1 saturated carbocycles. The summed E-state index contributed by atoms with van der Waals surface area (Å²) in [4.78, 5) is 71.7. The molecule has 2 heterocycles. The van der Waals surface area contributed by atoms with Crippen LogP contribution in [0.4, 0.5) is 11.4 Å². The number of fused-ring (bicyclic) bond motifs is 4. The third kappa shape index (κ3) is 5.54. The van der Waals surface area contributed by atoms with Crippen molar-refractivity contribution in [3.8, 4) is 17.2 Å². The zero-order valence-electron chi connectivity index (χ0n) is 30.8. The largest absolute Gasteiger partial charge is 0.502 e. The van der Waals surface area contributed by atoms with Gasteiger partial charge in [-0.15, -0.1) is 0 Å². The van der Waals surface area contributed by atoms with Gasteiger partial charge in [0.05, 0.1) is 54.3 Å². The first-order chi connectivity index (χ1) is 27.0. The van der Waals surface area contributed by atoms with E-state index >= 15 is 4.79 Å². The molecule has 56 heavy (non-hydrogen) atoms. The lowest BCUT2D eigenvalue weighted by atomic mass is 9.50.